The van der Waals surface area contributed by atoms with Crippen LogP contribution in [0.5, 0.6) is 0 Å². The highest BCUT2D eigenvalue weighted by molar-refractivity contribution is 6.02. The zero-order chi connectivity index (χ0) is 12.1. The molecule has 0 saturated heterocycles. The van der Waals surface area contributed by atoms with Crippen LogP contribution in [0.1, 0.15) is 17.3 Å². The molecule has 2 amide bonds. The first-order chi connectivity index (χ1) is 7.56. The Morgan fingerprint density at radius 2 is 1.88 bits per heavy atom. The van der Waals surface area contributed by atoms with Gasteiger partial charge in [0.2, 0.25) is 0 Å². The van der Waals surface area contributed by atoms with E-state index in [0.717, 1.165) is 4.90 Å². The standard InChI is InChI=1S/C11H14N2O3/c1-3-16-11(15)13(2)10(14)8-4-6-9(12)7-5-8/h4-7H,3,12H2,1-2H3. The van der Waals surface area contributed by atoms with E-state index in [0.29, 0.717) is 11.3 Å². The molecule has 16 heavy (non-hydrogen) atoms. The highest BCUT2D eigenvalue weighted by Crippen LogP contribution is 2.08. The number of carbonyl (C=O) groups is 2. The molecule has 1 rings (SSSR count). The molecule has 5 nitrogen and oxygen atoms in total. The third kappa shape index (κ3) is 2.73. The second-order valence-corrected chi connectivity index (χ2v) is 3.19. The van der Waals surface area contributed by atoms with Crippen LogP contribution in [0.3, 0.4) is 0 Å². The van der Waals surface area contributed by atoms with Gasteiger partial charge >= 0.3 is 6.09 Å². The molecule has 0 spiro atoms. The average molecular weight is 222 g/mol. The van der Waals surface area contributed by atoms with E-state index in [1.807, 2.05) is 0 Å². The van der Waals surface area contributed by atoms with Crippen LogP contribution in [0.25, 0.3) is 0 Å². The lowest BCUT2D eigenvalue weighted by Crippen LogP contribution is -2.33. The number of nitrogens with two attached hydrogens (primary N) is 1. The molecule has 5 heteroatoms. The van der Waals surface area contributed by atoms with Crippen LogP contribution in [0.2, 0.25) is 0 Å². The molecule has 0 aliphatic heterocycles. The van der Waals surface area contributed by atoms with E-state index < -0.39 is 12.0 Å². The number of carbonyl (C=O) groups excluding carboxylic acids is 2. The normalized spacial score (nSPS) is 9.62. The van der Waals surface area contributed by atoms with Gasteiger partial charge < -0.3 is 10.5 Å². The summed E-state index contributed by atoms with van der Waals surface area (Å²) in [6, 6.07) is 6.33. The van der Waals surface area contributed by atoms with Crippen molar-refractivity contribution in [3.8, 4) is 0 Å². The van der Waals surface area contributed by atoms with Crippen molar-refractivity contribution in [1.29, 1.82) is 0 Å². The largest absolute Gasteiger partial charge is 0.449 e. The van der Waals surface area contributed by atoms with Crippen molar-refractivity contribution >= 4 is 17.7 Å². The molecule has 0 saturated carbocycles. The van der Waals surface area contributed by atoms with Crippen LogP contribution in [0.4, 0.5) is 10.5 Å². The Morgan fingerprint density at radius 1 is 1.31 bits per heavy atom. The van der Waals surface area contributed by atoms with Crippen molar-refractivity contribution in [2.45, 2.75) is 6.92 Å². The highest BCUT2D eigenvalue weighted by atomic mass is 16.6. The molecule has 0 unspecified atom stereocenters. The fraction of sp³-hybridized carbons (Fsp3) is 0.273. The molecule has 0 aromatic heterocycles. The van der Waals surface area contributed by atoms with Crippen LogP contribution < -0.4 is 5.73 Å². The first kappa shape index (κ1) is 12.0. The number of hydrogen-bond donors (Lipinski definition) is 1. The zero-order valence-electron chi connectivity index (χ0n) is 9.27. The Morgan fingerprint density at radius 3 is 2.38 bits per heavy atom. The lowest BCUT2D eigenvalue weighted by atomic mass is 10.2. The molecule has 2 N–H and O–H groups in total. The van der Waals surface area contributed by atoms with Gasteiger partial charge in [-0.05, 0) is 31.2 Å². The Hall–Kier alpha value is -2.04. The van der Waals surface area contributed by atoms with Crippen molar-refractivity contribution in [2.75, 3.05) is 19.4 Å². The predicted octanol–water partition coefficient (Wildman–Crippen LogP) is 1.50. The summed E-state index contributed by atoms with van der Waals surface area (Å²) in [5, 5.41) is 0. The number of hydrogen-bond acceptors (Lipinski definition) is 4. The number of nitrogens with zero attached hydrogens (tertiary/aromatic N) is 1. The maximum Gasteiger partial charge on any atom is 0.416 e. The van der Waals surface area contributed by atoms with E-state index in [-0.39, 0.29) is 6.61 Å². The van der Waals surface area contributed by atoms with Crippen molar-refractivity contribution in [3.05, 3.63) is 29.8 Å². The number of imide groups is 1. The third-order valence-electron chi connectivity index (χ3n) is 2.00. The van der Waals surface area contributed by atoms with Crippen LogP contribution in [0.15, 0.2) is 24.3 Å². The molecule has 1 aromatic carbocycles. The van der Waals surface area contributed by atoms with Crippen LogP contribution in [0, 0.1) is 0 Å². The Balaban J connectivity index is 2.78. The first-order valence-corrected chi connectivity index (χ1v) is 4.86. The first-order valence-electron chi connectivity index (χ1n) is 4.86. The van der Waals surface area contributed by atoms with E-state index in [1.165, 1.54) is 7.05 Å². The summed E-state index contributed by atoms with van der Waals surface area (Å²) < 4.78 is 4.71. The van der Waals surface area contributed by atoms with Gasteiger partial charge in [0, 0.05) is 18.3 Å². The summed E-state index contributed by atoms with van der Waals surface area (Å²) in [6.45, 7) is 1.91. The lowest BCUT2D eigenvalue weighted by molar-refractivity contribution is 0.0720. The maximum atomic E-state index is 11.8. The van der Waals surface area contributed by atoms with Gasteiger partial charge in [-0.25, -0.2) is 9.69 Å². The molecule has 1 aromatic rings. The zero-order valence-corrected chi connectivity index (χ0v) is 9.27. The van der Waals surface area contributed by atoms with Crippen LogP contribution in [-0.4, -0.2) is 30.6 Å². The van der Waals surface area contributed by atoms with E-state index in [1.54, 1.807) is 31.2 Å². The minimum absolute atomic E-state index is 0.234. The van der Waals surface area contributed by atoms with Gasteiger partial charge in [-0.15, -0.1) is 0 Å². The number of amides is 2. The molecule has 0 aliphatic carbocycles. The van der Waals surface area contributed by atoms with E-state index in [9.17, 15) is 9.59 Å². The summed E-state index contributed by atoms with van der Waals surface area (Å²) in [6.07, 6.45) is -0.663. The Labute approximate surface area is 93.8 Å². The summed E-state index contributed by atoms with van der Waals surface area (Å²) in [5.41, 5.74) is 6.45. The smallest absolute Gasteiger partial charge is 0.416 e. The predicted molar refractivity (Wildman–Crippen MR) is 60.0 cm³/mol. The third-order valence-corrected chi connectivity index (χ3v) is 2.00. The molecule has 0 radical (unpaired) electrons. The summed E-state index contributed by atoms with van der Waals surface area (Å²) in [4.78, 5) is 24.0. The van der Waals surface area contributed by atoms with E-state index in [2.05, 4.69) is 0 Å². The SMILES string of the molecule is CCOC(=O)N(C)C(=O)c1ccc(N)cc1. The van der Waals surface area contributed by atoms with Crippen molar-refractivity contribution in [1.82, 2.24) is 4.90 Å². The highest BCUT2D eigenvalue weighted by Gasteiger charge is 2.18. The van der Waals surface area contributed by atoms with Gasteiger partial charge in [0.1, 0.15) is 0 Å². The van der Waals surface area contributed by atoms with E-state index in [4.69, 9.17) is 10.5 Å². The van der Waals surface area contributed by atoms with Gasteiger partial charge in [-0.3, -0.25) is 4.79 Å². The summed E-state index contributed by atoms with van der Waals surface area (Å²) in [5.74, 6) is -0.418. The molecule has 86 valence electrons. The van der Waals surface area contributed by atoms with E-state index >= 15 is 0 Å². The summed E-state index contributed by atoms with van der Waals surface area (Å²) >= 11 is 0. The Bertz CT molecular complexity index is 387. The molecule has 0 heterocycles. The summed E-state index contributed by atoms with van der Waals surface area (Å²) in [7, 11) is 1.37. The number of ether oxygens (including phenoxy) is 1. The molecule has 0 fully saturated rings. The minimum Gasteiger partial charge on any atom is -0.449 e. The molecule has 0 bridgehead atoms. The molecular formula is C11H14N2O3. The molecule has 0 atom stereocenters. The van der Waals surface area contributed by atoms with Gasteiger partial charge in [0.05, 0.1) is 6.61 Å². The number of anilines is 1. The second-order valence-electron chi connectivity index (χ2n) is 3.19. The monoisotopic (exact) mass is 222 g/mol. The minimum atomic E-state index is -0.663. The fourth-order valence-electron chi connectivity index (χ4n) is 1.12. The van der Waals surface area contributed by atoms with Crippen molar-refractivity contribution < 1.29 is 14.3 Å². The molecular weight excluding hydrogens is 208 g/mol. The van der Waals surface area contributed by atoms with Gasteiger partial charge in [-0.1, -0.05) is 0 Å². The number of benzene rings is 1. The molecule has 0 aliphatic rings. The fourth-order valence-corrected chi connectivity index (χ4v) is 1.12. The van der Waals surface area contributed by atoms with Gasteiger partial charge in [-0.2, -0.15) is 0 Å². The van der Waals surface area contributed by atoms with Crippen LogP contribution in [-0.2, 0) is 4.74 Å². The number of rotatable bonds is 2. The van der Waals surface area contributed by atoms with Gasteiger partial charge in [0.15, 0.2) is 0 Å². The second kappa shape index (κ2) is 5.16. The van der Waals surface area contributed by atoms with Crippen molar-refractivity contribution in [3.63, 3.8) is 0 Å². The number of nitrogen functional groups attached to an aromatic ring is 1. The lowest BCUT2D eigenvalue weighted by Gasteiger charge is -2.14. The maximum absolute atomic E-state index is 11.8. The van der Waals surface area contributed by atoms with Gasteiger partial charge in [0.25, 0.3) is 5.91 Å². The Kier molecular flexibility index (Phi) is 3.88. The van der Waals surface area contributed by atoms with Crippen molar-refractivity contribution in [2.24, 2.45) is 0 Å². The van der Waals surface area contributed by atoms with Crippen LogP contribution >= 0.6 is 0 Å². The average Bonchev–Trinajstić information content (AvgIpc) is 2.28. The quantitative estimate of drug-likeness (QED) is 0.769. The topological polar surface area (TPSA) is 72.6 Å².